The molecule has 0 amide bonds. The van der Waals surface area contributed by atoms with E-state index in [1.807, 2.05) is 13.8 Å². The molecule has 0 aliphatic carbocycles. The quantitative estimate of drug-likeness (QED) is 0.561. The van der Waals surface area contributed by atoms with Crippen LogP contribution in [0.15, 0.2) is 0 Å². The number of thioether (sulfide) groups is 1. The molecule has 0 spiro atoms. The van der Waals surface area contributed by atoms with Gasteiger partial charge in [0, 0.05) is 5.75 Å². The molecule has 2 nitrogen and oxygen atoms in total. The summed E-state index contributed by atoms with van der Waals surface area (Å²) in [5.41, 5.74) is 4.89. The lowest BCUT2D eigenvalue weighted by atomic mass is 10.1. The summed E-state index contributed by atoms with van der Waals surface area (Å²) in [5, 5.41) is 6.84. The zero-order chi connectivity index (χ0) is 11.4. The fourth-order valence-electron chi connectivity index (χ4n) is 0.782. The molecule has 0 aromatic rings. The topological polar surface area (TPSA) is 49.9 Å². The van der Waals surface area contributed by atoms with Crippen LogP contribution in [0.3, 0.4) is 0 Å². The van der Waals surface area contributed by atoms with Crippen molar-refractivity contribution < 1.29 is 13.2 Å². The Labute approximate surface area is 85.9 Å². The van der Waals surface area contributed by atoms with E-state index in [4.69, 9.17) is 11.1 Å². The highest BCUT2D eigenvalue weighted by molar-refractivity contribution is 7.99. The van der Waals surface area contributed by atoms with Gasteiger partial charge in [0.15, 0.2) is 0 Å². The zero-order valence-electron chi connectivity index (χ0n) is 8.19. The maximum atomic E-state index is 12.3. The Kier molecular flexibility index (Phi) is 5.33. The molecule has 0 aliphatic rings. The van der Waals surface area contributed by atoms with Crippen LogP contribution in [-0.4, -0.2) is 23.5 Å². The summed E-state index contributed by atoms with van der Waals surface area (Å²) in [6, 6.07) is 0. The summed E-state index contributed by atoms with van der Waals surface area (Å²) >= 11 is 1.18. The van der Waals surface area contributed by atoms with Gasteiger partial charge in [-0.2, -0.15) is 24.9 Å². The van der Waals surface area contributed by atoms with Gasteiger partial charge in [-0.25, -0.2) is 0 Å². The molecule has 0 bridgehead atoms. The number of alkyl halides is 3. The summed E-state index contributed by atoms with van der Waals surface area (Å²) < 4.78 is 36.8. The van der Waals surface area contributed by atoms with Gasteiger partial charge in [0.1, 0.15) is 11.8 Å². The molecule has 0 rings (SSSR count). The Morgan fingerprint density at radius 2 is 1.86 bits per heavy atom. The van der Waals surface area contributed by atoms with Crippen LogP contribution in [0.1, 0.15) is 13.8 Å². The molecule has 6 heteroatoms. The summed E-state index contributed by atoms with van der Waals surface area (Å²) in [6.45, 7) is 3.87. The second-order valence-electron chi connectivity index (χ2n) is 3.48. The SMILES string of the molecule is CC(C)CSCC(C(=N)N)C(F)(F)F. The second kappa shape index (κ2) is 5.48. The molecule has 0 aliphatic heterocycles. The largest absolute Gasteiger partial charge is 0.399 e. The Morgan fingerprint density at radius 3 is 2.14 bits per heavy atom. The minimum atomic E-state index is -4.39. The minimum absolute atomic E-state index is 0.156. The molecule has 1 unspecified atom stereocenters. The molecule has 1 atom stereocenters. The first-order valence-electron chi connectivity index (χ1n) is 4.23. The first-order chi connectivity index (χ1) is 6.25. The summed E-state index contributed by atoms with van der Waals surface area (Å²) in [7, 11) is 0. The summed E-state index contributed by atoms with van der Waals surface area (Å²) in [6.07, 6.45) is -4.39. The highest BCUT2D eigenvalue weighted by Crippen LogP contribution is 2.29. The van der Waals surface area contributed by atoms with E-state index in [0.29, 0.717) is 11.7 Å². The van der Waals surface area contributed by atoms with Gasteiger partial charge < -0.3 is 5.73 Å². The fraction of sp³-hybridized carbons (Fsp3) is 0.875. The van der Waals surface area contributed by atoms with E-state index in [2.05, 4.69) is 0 Å². The third kappa shape index (κ3) is 5.36. The predicted octanol–water partition coefficient (Wildman–Crippen LogP) is 2.49. The zero-order valence-corrected chi connectivity index (χ0v) is 9.00. The first kappa shape index (κ1) is 13.6. The monoisotopic (exact) mass is 228 g/mol. The van der Waals surface area contributed by atoms with E-state index in [0.717, 1.165) is 0 Å². The number of nitrogens with two attached hydrogens (primary N) is 1. The molecule has 0 radical (unpaired) electrons. The molecule has 3 N–H and O–H groups in total. The smallest absolute Gasteiger partial charge is 0.387 e. The van der Waals surface area contributed by atoms with Gasteiger partial charge in [-0.3, -0.25) is 5.41 Å². The van der Waals surface area contributed by atoms with Crippen molar-refractivity contribution in [2.24, 2.45) is 17.6 Å². The summed E-state index contributed by atoms with van der Waals surface area (Å²) in [5.74, 6) is -1.75. The number of nitrogens with one attached hydrogen (secondary N) is 1. The lowest BCUT2D eigenvalue weighted by Gasteiger charge is -2.18. The maximum absolute atomic E-state index is 12.3. The van der Waals surface area contributed by atoms with Crippen LogP contribution in [0.2, 0.25) is 0 Å². The molecule has 0 saturated heterocycles. The number of hydrogen-bond acceptors (Lipinski definition) is 2. The van der Waals surface area contributed by atoms with E-state index >= 15 is 0 Å². The third-order valence-corrected chi connectivity index (χ3v) is 2.98. The van der Waals surface area contributed by atoms with Crippen molar-refractivity contribution in [2.75, 3.05) is 11.5 Å². The van der Waals surface area contributed by atoms with Crippen molar-refractivity contribution in [2.45, 2.75) is 20.0 Å². The normalized spacial score (nSPS) is 14.4. The first-order valence-corrected chi connectivity index (χ1v) is 5.39. The highest BCUT2D eigenvalue weighted by atomic mass is 32.2. The Morgan fingerprint density at radius 1 is 1.36 bits per heavy atom. The molecule has 0 aromatic carbocycles. The van der Waals surface area contributed by atoms with Crippen molar-refractivity contribution in [1.82, 2.24) is 0 Å². The average molecular weight is 228 g/mol. The second-order valence-corrected chi connectivity index (χ2v) is 4.56. The molecule has 0 saturated carbocycles. The van der Waals surface area contributed by atoms with Gasteiger partial charge in [-0.05, 0) is 11.7 Å². The number of hydrogen-bond donors (Lipinski definition) is 2. The predicted molar refractivity (Wildman–Crippen MR) is 53.6 cm³/mol. The van der Waals surface area contributed by atoms with E-state index in [9.17, 15) is 13.2 Å². The average Bonchev–Trinajstić information content (AvgIpc) is 1.94. The number of amidine groups is 1. The van der Waals surface area contributed by atoms with E-state index in [1.165, 1.54) is 11.8 Å². The van der Waals surface area contributed by atoms with Gasteiger partial charge >= 0.3 is 6.18 Å². The molecule has 0 heterocycles. The Bertz CT molecular complexity index is 192. The maximum Gasteiger partial charge on any atom is 0.399 e. The standard InChI is InChI=1S/C8H15F3N2S/c1-5(2)3-14-4-6(7(12)13)8(9,10)11/h5-6H,3-4H2,1-2H3,(H3,12,13). The van der Waals surface area contributed by atoms with Crippen LogP contribution >= 0.6 is 11.8 Å². The molecular formula is C8H15F3N2S. The van der Waals surface area contributed by atoms with Gasteiger partial charge in [-0.1, -0.05) is 13.8 Å². The Hall–Kier alpha value is -0.390. The van der Waals surface area contributed by atoms with Crippen molar-refractivity contribution in [3.63, 3.8) is 0 Å². The van der Waals surface area contributed by atoms with Crippen molar-refractivity contribution in [1.29, 1.82) is 5.41 Å². The number of halogens is 3. The van der Waals surface area contributed by atoms with Crippen molar-refractivity contribution in [3.05, 3.63) is 0 Å². The van der Waals surface area contributed by atoms with Crippen LogP contribution in [-0.2, 0) is 0 Å². The van der Waals surface area contributed by atoms with Gasteiger partial charge in [-0.15, -0.1) is 0 Å². The highest BCUT2D eigenvalue weighted by Gasteiger charge is 2.41. The molecule has 84 valence electrons. The molecule has 0 fully saturated rings. The van der Waals surface area contributed by atoms with Crippen LogP contribution in [0.25, 0.3) is 0 Å². The van der Waals surface area contributed by atoms with E-state index < -0.39 is 17.9 Å². The number of rotatable bonds is 5. The molecule has 14 heavy (non-hydrogen) atoms. The van der Waals surface area contributed by atoms with Gasteiger partial charge in [0.2, 0.25) is 0 Å². The molecule has 0 aromatic heterocycles. The lowest BCUT2D eigenvalue weighted by Crippen LogP contribution is -2.37. The van der Waals surface area contributed by atoms with E-state index in [1.54, 1.807) is 0 Å². The third-order valence-electron chi connectivity index (χ3n) is 1.51. The Balaban J connectivity index is 4.07. The van der Waals surface area contributed by atoms with Crippen LogP contribution in [0.5, 0.6) is 0 Å². The van der Waals surface area contributed by atoms with Crippen LogP contribution in [0, 0.1) is 17.2 Å². The van der Waals surface area contributed by atoms with Gasteiger partial charge in [0.25, 0.3) is 0 Å². The van der Waals surface area contributed by atoms with Crippen LogP contribution in [0.4, 0.5) is 13.2 Å². The van der Waals surface area contributed by atoms with Crippen LogP contribution < -0.4 is 5.73 Å². The van der Waals surface area contributed by atoms with Gasteiger partial charge in [0.05, 0.1) is 0 Å². The fourth-order valence-corrected chi connectivity index (χ4v) is 1.99. The lowest BCUT2D eigenvalue weighted by molar-refractivity contribution is -0.150. The summed E-state index contributed by atoms with van der Waals surface area (Å²) in [4.78, 5) is 0. The van der Waals surface area contributed by atoms with Crippen molar-refractivity contribution >= 4 is 17.6 Å². The molecular weight excluding hydrogens is 213 g/mol. The minimum Gasteiger partial charge on any atom is -0.387 e. The van der Waals surface area contributed by atoms with Crippen molar-refractivity contribution in [3.8, 4) is 0 Å². The van der Waals surface area contributed by atoms with E-state index in [-0.39, 0.29) is 5.75 Å².